The van der Waals surface area contributed by atoms with Gasteiger partial charge in [0.25, 0.3) is 0 Å². The van der Waals surface area contributed by atoms with Gasteiger partial charge in [-0.1, -0.05) is 17.7 Å². The largest absolute Gasteiger partial charge is 0.416 e. The summed E-state index contributed by atoms with van der Waals surface area (Å²) < 4.78 is 37.2. The molecule has 0 aliphatic rings. The first-order valence-corrected chi connectivity index (χ1v) is 4.00. The van der Waals surface area contributed by atoms with Crippen LogP contribution in [0, 0.1) is 0 Å². The number of alkyl halides is 3. The van der Waals surface area contributed by atoms with E-state index in [1.165, 1.54) is 12.1 Å². The Hall–Kier alpha value is -0.780. The van der Waals surface area contributed by atoms with Crippen LogP contribution in [0.4, 0.5) is 13.2 Å². The molecule has 2 N–H and O–H groups in total. The fourth-order valence-electron chi connectivity index (χ4n) is 1.03. The third kappa shape index (κ3) is 2.60. The van der Waals surface area contributed by atoms with Gasteiger partial charge in [-0.3, -0.25) is 4.84 Å². The van der Waals surface area contributed by atoms with Crippen LogP contribution in [-0.2, 0) is 17.6 Å². The number of nitrogens with two attached hydrogens (primary N) is 1. The molecule has 6 heteroatoms. The summed E-state index contributed by atoms with van der Waals surface area (Å²) in [6, 6.07) is 3.43. The molecule has 78 valence electrons. The van der Waals surface area contributed by atoms with E-state index in [4.69, 9.17) is 17.5 Å². The van der Waals surface area contributed by atoms with Crippen LogP contribution in [0.3, 0.4) is 0 Å². The van der Waals surface area contributed by atoms with Crippen LogP contribution in [-0.4, -0.2) is 0 Å². The van der Waals surface area contributed by atoms with Crippen LogP contribution < -0.4 is 5.90 Å². The lowest BCUT2D eigenvalue weighted by Gasteiger charge is -2.11. The van der Waals surface area contributed by atoms with Crippen molar-refractivity contribution in [1.82, 2.24) is 0 Å². The van der Waals surface area contributed by atoms with Crippen molar-refractivity contribution in [2.75, 3.05) is 0 Å². The van der Waals surface area contributed by atoms with Gasteiger partial charge < -0.3 is 0 Å². The average Bonchev–Trinajstić information content (AvgIpc) is 2.07. The molecule has 14 heavy (non-hydrogen) atoms. The van der Waals surface area contributed by atoms with Gasteiger partial charge >= 0.3 is 6.18 Å². The van der Waals surface area contributed by atoms with Crippen LogP contribution in [0.2, 0.25) is 5.02 Å². The van der Waals surface area contributed by atoms with Gasteiger partial charge in [0.15, 0.2) is 0 Å². The van der Waals surface area contributed by atoms with E-state index in [-0.39, 0.29) is 17.2 Å². The fraction of sp³-hybridized carbons (Fsp3) is 0.250. The Morgan fingerprint density at radius 2 is 2.00 bits per heavy atom. The van der Waals surface area contributed by atoms with E-state index < -0.39 is 11.7 Å². The highest BCUT2D eigenvalue weighted by atomic mass is 35.5. The molecule has 0 unspecified atom stereocenters. The third-order valence-corrected chi connectivity index (χ3v) is 1.85. The molecule has 1 rings (SSSR count). The summed E-state index contributed by atoms with van der Waals surface area (Å²) in [5.74, 6) is 4.71. The fourth-order valence-corrected chi connectivity index (χ4v) is 1.20. The lowest BCUT2D eigenvalue weighted by atomic mass is 10.1. The number of rotatable bonds is 2. The molecule has 0 saturated heterocycles. The van der Waals surface area contributed by atoms with Crippen LogP contribution in [0.5, 0.6) is 0 Å². The van der Waals surface area contributed by atoms with Crippen LogP contribution in [0.25, 0.3) is 0 Å². The lowest BCUT2D eigenvalue weighted by molar-refractivity contribution is -0.138. The maximum atomic E-state index is 12.4. The lowest BCUT2D eigenvalue weighted by Crippen LogP contribution is -2.11. The average molecular weight is 226 g/mol. The first-order chi connectivity index (χ1) is 6.45. The minimum Gasteiger partial charge on any atom is -0.300 e. The van der Waals surface area contributed by atoms with Gasteiger partial charge in [-0.15, -0.1) is 0 Å². The van der Waals surface area contributed by atoms with E-state index >= 15 is 0 Å². The number of hydrogen-bond donors (Lipinski definition) is 1. The van der Waals surface area contributed by atoms with Crippen molar-refractivity contribution >= 4 is 11.6 Å². The summed E-state index contributed by atoms with van der Waals surface area (Å²) in [6.07, 6.45) is -4.45. The zero-order valence-electron chi connectivity index (χ0n) is 6.94. The van der Waals surface area contributed by atoms with Crippen molar-refractivity contribution in [3.63, 3.8) is 0 Å². The van der Waals surface area contributed by atoms with E-state index in [1.54, 1.807) is 0 Å². The van der Waals surface area contributed by atoms with E-state index in [0.717, 1.165) is 6.07 Å². The van der Waals surface area contributed by atoms with E-state index in [2.05, 4.69) is 4.84 Å². The topological polar surface area (TPSA) is 35.2 Å². The van der Waals surface area contributed by atoms with Crippen LogP contribution >= 0.6 is 11.6 Å². The highest BCUT2D eigenvalue weighted by Crippen LogP contribution is 2.33. The zero-order chi connectivity index (χ0) is 10.8. The Morgan fingerprint density at radius 1 is 1.36 bits per heavy atom. The number of halogens is 4. The van der Waals surface area contributed by atoms with E-state index in [9.17, 15) is 13.2 Å². The molecule has 0 bridgehead atoms. The second-order valence-corrected chi connectivity index (χ2v) is 3.05. The zero-order valence-corrected chi connectivity index (χ0v) is 7.69. The van der Waals surface area contributed by atoms with Gasteiger partial charge in [-0.25, -0.2) is 5.90 Å². The van der Waals surface area contributed by atoms with Gasteiger partial charge in [-0.05, 0) is 17.7 Å². The molecular weight excluding hydrogens is 219 g/mol. The van der Waals surface area contributed by atoms with Crippen molar-refractivity contribution in [1.29, 1.82) is 0 Å². The number of hydrogen-bond acceptors (Lipinski definition) is 2. The molecule has 0 atom stereocenters. The molecule has 0 aromatic heterocycles. The van der Waals surface area contributed by atoms with Gasteiger partial charge in [-0.2, -0.15) is 13.2 Å². The van der Waals surface area contributed by atoms with Gasteiger partial charge in [0.2, 0.25) is 0 Å². The molecule has 0 radical (unpaired) electrons. The molecule has 0 saturated carbocycles. The summed E-state index contributed by atoms with van der Waals surface area (Å²) in [7, 11) is 0. The Morgan fingerprint density at radius 3 is 2.50 bits per heavy atom. The van der Waals surface area contributed by atoms with Crippen molar-refractivity contribution in [2.45, 2.75) is 12.8 Å². The SMILES string of the molecule is NOCc1ccc(Cl)cc1C(F)(F)F. The summed E-state index contributed by atoms with van der Waals surface area (Å²) in [6.45, 7) is -0.300. The third-order valence-electron chi connectivity index (χ3n) is 1.62. The Bertz CT molecular complexity index is 327. The molecule has 0 aliphatic heterocycles. The van der Waals surface area contributed by atoms with Crippen molar-refractivity contribution in [3.05, 3.63) is 34.3 Å². The minimum absolute atomic E-state index is 0.0260. The normalized spacial score (nSPS) is 11.8. The predicted octanol–water partition coefficient (Wildman–Crippen LogP) is 2.75. The summed E-state index contributed by atoms with van der Waals surface area (Å²) >= 11 is 5.45. The monoisotopic (exact) mass is 225 g/mol. The molecule has 0 spiro atoms. The molecule has 0 fully saturated rings. The maximum absolute atomic E-state index is 12.4. The summed E-state index contributed by atoms with van der Waals surface area (Å²) in [4.78, 5) is 4.16. The van der Waals surface area contributed by atoms with Crippen LogP contribution in [0.15, 0.2) is 18.2 Å². The second kappa shape index (κ2) is 4.16. The first kappa shape index (κ1) is 11.3. The maximum Gasteiger partial charge on any atom is 0.416 e. The van der Waals surface area contributed by atoms with Crippen molar-refractivity contribution < 1.29 is 18.0 Å². The van der Waals surface area contributed by atoms with Crippen molar-refractivity contribution in [2.24, 2.45) is 5.90 Å². The molecule has 0 amide bonds. The predicted molar refractivity (Wildman–Crippen MR) is 45.4 cm³/mol. The Labute approximate surface area is 83.4 Å². The van der Waals surface area contributed by atoms with E-state index in [0.29, 0.717) is 0 Å². The standard InChI is InChI=1S/C8H7ClF3NO/c9-6-2-1-5(4-14-13)7(3-6)8(10,11)12/h1-3H,4,13H2. The van der Waals surface area contributed by atoms with Gasteiger partial charge in [0.05, 0.1) is 12.2 Å². The molecular formula is C8H7ClF3NO. The molecule has 1 aromatic rings. The Balaban J connectivity index is 3.16. The van der Waals surface area contributed by atoms with Crippen LogP contribution in [0.1, 0.15) is 11.1 Å². The molecule has 1 aromatic carbocycles. The van der Waals surface area contributed by atoms with Gasteiger partial charge in [0.1, 0.15) is 0 Å². The molecule has 2 nitrogen and oxygen atoms in total. The summed E-state index contributed by atoms with van der Waals surface area (Å²) in [5, 5.41) is 0.0260. The smallest absolute Gasteiger partial charge is 0.300 e. The molecule has 0 heterocycles. The van der Waals surface area contributed by atoms with Crippen molar-refractivity contribution in [3.8, 4) is 0 Å². The minimum atomic E-state index is -4.45. The second-order valence-electron chi connectivity index (χ2n) is 2.61. The van der Waals surface area contributed by atoms with E-state index in [1.807, 2.05) is 0 Å². The summed E-state index contributed by atoms with van der Waals surface area (Å²) in [5.41, 5.74) is -0.861. The van der Waals surface area contributed by atoms with Gasteiger partial charge in [0, 0.05) is 5.02 Å². The number of benzene rings is 1. The highest BCUT2D eigenvalue weighted by Gasteiger charge is 2.33. The molecule has 0 aliphatic carbocycles. The first-order valence-electron chi connectivity index (χ1n) is 3.62. The Kier molecular flexibility index (Phi) is 3.36. The quantitative estimate of drug-likeness (QED) is 0.786. The highest BCUT2D eigenvalue weighted by molar-refractivity contribution is 6.30.